The molecule has 0 atom stereocenters. The third kappa shape index (κ3) is 0.705. The molecule has 1 N–H and O–H groups in total. The minimum Gasteiger partial charge on any atom is -0.588 e. The van der Waals surface area contributed by atoms with Gasteiger partial charge in [-0.3, -0.25) is 0 Å². The van der Waals surface area contributed by atoms with E-state index in [-0.39, 0.29) is 21.1 Å². The number of rotatable bonds is 0. The van der Waals surface area contributed by atoms with Gasteiger partial charge in [0.15, 0.2) is 0 Å². The summed E-state index contributed by atoms with van der Waals surface area (Å²) in [6.07, 6.45) is 0. The van der Waals surface area contributed by atoms with Crippen LogP contribution >= 0.6 is 0 Å². The van der Waals surface area contributed by atoms with Crippen molar-refractivity contribution < 1.29 is 9.80 Å². The second kappa shape index (κ2) is 1.71. The highest BCUT2D eigenvalue weighted by Gasteiger charge is 2.16. The average Bonchev–Trinajstić information content (AvgIpc) is 2.34. The van der Waals surface area contributed by atoms with Crippen molar-refractivity contribution >= 4 is 11.3 Å². The molecule has 2 heterocycles. The molecule has 0 amide bonds. The lowest BCUT2D eigenvalue weighted by atomic mass is 10.8. The van der Waals surface area contributed by atoms with Gasteiger partial charge in [-0.25, -0.2) is 0 Å². The number of aromatic nitrogens is 7. The molecule has 0 saturated heterocycles. The van der Waals surface area contributed by atoms with E-state index in [9.17, 15) is 10.4 Å². The number of hydrogen-bond acceptors (Lipinski definition) is 6. The number of fused-ring (bicyclic) bond motifs is 1. The Labute approximate surface area is 58.4 Å². The molecule has 2 rings (SSSR count). The number of nitrogens with one attached hydrogen (secondary N) is 1. The lowest BCUT2D eigenvalue weighted by Crippen LogP contribution is -2.50. The molecule has 56 valence electrons. The largest absolute Gasteiger partial charge is 0.588 e. The van der Waals surface area contributed by atoms with E-state index in [1.807, 2.05) is 0 Å². The third-order valence-electron chi connectivity index (χ3n) is 1.03. The van der Waals surface area contributed by atoms with E-state index in [0.29, 0.717) is 0 Å². The first kappa shape index (κ1) is 5.70. The van der Waals surface area contributed by atoms with Gasteiger partial charge in [-0.05, 0) is 0 Å². The van der Waals surface area contributed by atoms with Gasteiger partial charge in [-0.15, -0.1) is 5.10 Å². The van der Waals surface area contributed by atoms with Crippen LogP contribution in [0.4, 0.5) is 0 Å². The average molecular weight is 155 g/mol. The summed E-state index contributed by atoms with van der Waals surface area (Å²) in [4.78, 5) is -0.0866. The maximum Gasteiger partial charge on any atom is 0.417 e. The van der Waals surface area contributed by atoms with Gasteiger partial charge in [0, 0.05) is 4.85 Å². The van der Waals surface area contributed by atoms with Crippen LogP contribution in [0.25, 0.3) is 11.3 Å². The molecular weight excluding hydrogens is 154 g/mol. The molecule has 0 spiro atoms. The van der Waals surface area contributed by atoms with Crippen molar-refractivity contribution in [2.75, 3.05) is 0 Å². The van der Waals surface area contributed by atoms with Crippen LogP contribution in [0.5, 0.6) is 0 Å². The van der Waals surface area contributed by atoms with Crippen LogP contribution in [0.15, 0.2) is 0 Å². The second-order valence-electron chi connectivity index (χ2n) is 1.69. The minimum absolute atomic E-state index is 0.0405. The topological polar surface area (TPSA) is 121 Å². The Morgan fingerprint density at radius 2 is 2.09 bits per heavy atom. The number of H-pyrrole nitrogens is 1. The van der Waals surface area contributed by atoms with Gasteiger partial charge in [0.2, 0.25) is 0 Å². The predicted molar refractivity (Wildman–Crippen MR) is 27.4 cm³/mol. The summed E-state index contributed by atoms with van der Waals surface area (Å²) in [5.41, 5.74) is -0.179. The van der Waals surface area contributed by atoms with Gasteiger partial charge < -0.3 is 10.4 Å². The molecule has 2 aromatic rings. The molecule has 11 heavy (non-hydrogen) atoms. The SMILES string of the molecule is [O-][n+]1nc2n[nH]nc2[n+]([O-])n1. The fraction of sp³-hybridized carbons (Fsp3) is 0. The van der Waals surface area contributed by atoms with Gasteiger partial charge in [-0.2, -0.15) is 5.21 Å². The van der Waals surface area contributed by atoms with Crippen molar-refractivity contribution in [3.63, 3.8) is 0 Å². The van der Waals surface area contributed by atoms with Gasteiger partial charge in [0.1, 0.15) is 4.96 Å². The molecule has 9 heteroatoms. The van der Waals surface area contributed by atoms with E-state index in [4.69, 9.17) is 0 Å². The van der Waals surface area contributed by atoms with Crippen LogP contribution < -0.4 is 9.80 Å². The smallest absolute Gasteiger partial charge is 0.417 e. The number of hydrogen-bond donors (Lipinski definition) is 1. The Morgan fingerprint density at radius 3 is 2.91 bits per heavy atom. The summed E-state index contributed by atoms with van der Waals surface area (Å²) in [7, 11) is 0. The van der Waals surface area contributed by atoms with Gasteiger partial charge >= 0.3 is 16.5 Å². The summed E-state index contributed by atoms with van der Waals surface area (Å²) in [5, 5.41) is 36.1. The molecule has 0 saturated carbocycles. The Bertz CT molecular complexity index is 394. The fourth-order valence-corrected chi connectivity index (χ4v) is 0.628. The Kier molecular flexibility index (Phi) is 0.888. The summed E-state index contributed by atoms with van der Waals surface area (Å²) in [6, 6.07) is 0. The number of aromatic amines is 1. The van der Waals surface area contributed by atoms with Gasteiger partial charge in [0.05, 0.1) is 5.10 Å². The van der Waals surface area contributed by atoms with Crippen LogP contribution in [0.2, 0.25) is 0 Å². The minimum atomic E-state index is -0.127. The fourth-order valence-electron chi connectivity index (χ4n) is 0.628. The zero-order chi connectivity index (χ0) is 7.84. The highest BCUT2D eigenvalue weighted by molar-refractivity contribution is 5.56. The van der Waals surface area contributed by atoms with Crippen LogP contribution in [-0.4, -0.2) is 25.7 Å². The van der Waals surface area contributed by atoms with Crippen molar-refractivity contribution in [2.24, 2.45) is 0 Å². The molecular formula is C2HN7O2. The predicted octanol–water partition coefficient (Wildman–Crippen LogP) is -2.99. The van der Waals surface area contributed by atoms with Crippen LogP contribution in [-0.2, 0) is 0 Å². The molecule has 0 aliphatic rings. The molecule has 0 aromatic carbocycles. The summed E-state index contributed by atoms with van der Waals surface area (Å²) in [6.45, 7) is 0. The third-order valence-corrected chi connectivity index (χ3v) is 1.03. The van der Waals surface area contributed by atoms with E-state index in [1.54, 1.807) is 0 Å². The van der Waals surface area contributed by atoms with Crippen molar-refractivity contribution in [1.82, 2.24) is 25.7 Å². The molecule has 0 bridgehead atoms. The van der Waals surface area contributed by atoms with Crippen molar-refractivity contribution in [3.05, 3.63) is 10.4 Å². The molecule has 2 aromatic heterocycles. The highest BCUT2D eigenvalue weighted by atomic mass is 16.6. The highest BCUT2D eigenvalue weighted by Crippen LogP contribution is 1.89. The molecule has 0 aliphatic heterocycles. The summed E-state index contributed by atoms with van der Waals surface area (Å²) in [5.74, 6) is 0. The Balaban J connectivity index is 2.91. The van der Waals surface area contributed by atoms with Crippen molar-refractivity contribution in [3.8, 4) is 0 Å². The molecule has 0 aliphatic carbocycles. The standard InChI is InChI=1S/C2HN7O2/c10-8-2-1(3-6-4-2)5-9(11)7-8/h(H,3,4,5,6,7). The number of nitrogens with zero attached hydrogens (tertiary/aromatic N) is 6. The van der Waals surface area contributed by atoms with E-state index in [0.717, 1.165) is 0 Å². The quantitative estimate of drug-likeness (QED) is 0.320. The van der Waals surface area contributed by atoms with E-state index < -0.39 is 0 Å². The molecule has 0 fully saturated rings. The summed E-state index contributed by atoms with van der Waals surface area (Å²) >= 11 is 0. The normalized spacial score (nSPS) is 10.5. The first-order chi connectivity index (χ1) is 5.27. The Morgan fingerprint density at radius 1 is 1.27 bits per heavy atom. The zero-order valence-electron chi connectivity index (χ0n) is 5.00. The first-order valence-electron chi connectivity index (χ1n) is 2.56. The van der Waals surface area contributed by atoms with Crippen molar-refractivity contribution in [2.45, 2.75) is 0 Å². The maximum absolute atomic E-state index is 10.7. The van der Waals surface area contributed by atoms with Crippen molar-refractivity contribution in [1.29, 1.82) is 0 Å². The zero-order valence-corrected chi connectivity index (χ0v) is 5.00. The maximum atomic E-state index is 10.7. The van der Waals surface area contributed by atoms with Gasteiger partial charge in [0.25, 0.3) is 0 Å². The monoisotopic (exact) mass is 155 g/mol. The summed E-state index contributed by atoms with van der Waals surface area (Å²) < 4.78 is 0. The first-order valence-corrected chi connectivity index (χ1v) is 2.56. The lowest BCUT2D eigenvalue weighted by Gasteiger charge is -1.86. The van der Waals surface area contributed by atoms with Crippen LogP contribution in [0, 0.1) is 10.4 Å². The lowest BCUT2D eigenvalue weighted by molar-refractivity contribution is -0.864. The molecule has 9 nitrogen and oxygen atoms in total. The Hall–Kier alpha value is -2.06. The van der Waals surface area contributed by atoms with E-state index in [2.05, 4.69) is 25.7 Å². The van der Waals surface area contributed by atoms with E-state index >= 15 is 0 Å². The van der Waals surface area contributed by atoms with E-state index in [1.165, 1.54) is 0 Å². The molecule has 0 unspecified atom stereocenters. The van der Waals surface area contributed by atoms with Gasteiger partial charge in [-0.1, -0.05) is 5.10 Å². The van der Waals surface area contributed by atoms with Crippen LogP contribution in [0.1, 0.15) is 0 Å². The molecule has 0 radical (unpaired) electrons. The van der Waals surface area contributed by atoms with Crippen LogP contribution in [0.3, 0.4) is 0 Å². The second-order valence-corrected chi connectivity index (χ2v) is 1.69.